The summed E-state index contributed by atoms with van der Waals surface area (Å²) in [5.41, 5.74) is 1.89. The van der Waals surface area contributed by atoms with E-state index in [1.807, 2.05) is 12.1 Å². The quantitative estimate of drug-likeness (QED) is 0.833. The minimum atomic E-state index is -0.490. The number of benzene rings is 2. The highest BCUT2D eigenvalue weighted by Gasteiger charge is 2.15. The third-order valence-electron chi connectivity index (χ3n) is 2.93. The van der Waals surface area contributed by atoms with Gasteiger partial charge in [0.05, 0.1) is 27.4 Å². The summed E-state index contributed by atoms with van der Waals surface area (Å²) in [4.78, 5) is 1.66. The molecule has 0 aliphatic heterocycles. The lowest BCUT2D eigenvalue weighted by molar-refractivity contribution is 0.620. The third-order valence-corrected chi connectivity index (χ3v) is 3.70. The smallest absolute Gasteiger partial charge is 0.162 e. The van der Waals surface area contributed by atoms with E-state index in [2.05, 4.69) is 15.9 Å². The van der Waals surface area contributed by atoms with Crippen molar-refractivity contribution in [2.45, 2.75) is 0 Å². The molecule has 0 aromatic heterocycles. The van der Waals surface area contributed by atoms with E-state index in [9.17, 15) is 4.39 Å². The fourth-order valence-electron chi connectivity index (χ4n) is 1.78. The molecule has 0 radical (unpaired) electrons. The van der Waals surface area contributed by atoms with Crippen LogP contribution in [0, 0.1) is 28.5 Å². The molecule has 0 heterocycles. The molecule has 0 N–H and O–H groups in total. The van der Waals surface area contributed by atoms with E-state index in [0.717, 1.165) is 5.69 Å². The monoisotopic (exact) mass is 329 g/mol. The number of rotatable bonds is 2. The minimum Gasteiger partial charge on any atom is -0.342 e. The lowest BCUT2D eigenvalue weighted by Gasteiger charge is -2.20. The molecule has 98 valence electrons. The second-order valence-electron chi connectivity index (χ2n) is 4.09. The van der Waals surface area contributed by atoms with Gasteiger partial charge in [-0.15, -0.1) is 0 Å². The first-order chi connectivity index (χ1) is 9.58. The molecular formula is C15H9BrFN3. The summed E-state index contributed by atoms with van der Waals surface area (Å²) < 4.78 is 14.4. The largest absolute Gasteiger partial charge is 0.342 e. The Hall–Kier alpha value is -2.37. The fourth-order valence-corrected chi connectivity index (χ4v) is 2.21. The highest BCUT2D eigenvalue weighted by molar-refractivity contribution is 9.10. The second-order valence-corrected chi connectivity index (χ2v) is 4.88. The normalized spacial score (nSPS) is 9.65. The summed E-state index contributed by atoms with van der Waals surface area (Å²) in [6, 6.07) is 13.9. The van der Waals surface area contributed by atoms with Gasteiger partial charge in [0.2, 0.25) is 0 Å². The summed E-state index contributed by atoms with van der Waals surface area (Å²) in [5, 5.41) is 17.6. The van der Waals surface area contributed by atoms with E-state index < -0.39 is 5.82 Å². The van der Waals surface area contributed by atoms with E-state index in [1.54, 1.807) is 48.3 Å². The van der Waals surface area contributed by atoms with Gasteiger partial charge in [-0.2, -0.15) is 10.5 Å². The molecule has 20 heavy (non-hydrogen) atoms. The summed E-state index contributed by atoms with van der Waals surface area (Å²) in [5.74, 6) is -0.490. The zero-order chi connectivity index (χ0) is 14.7. The Morgan fingerprint density at radius 2 is 1.70 bits per heavy atom. The van der Waals surface area contributed by atoms with Crippen molar-refractivity contribution in [3.8, 4) is 12.1 Å². The summed E-state index contributed by atoms with van der Waals surface area (Å²) in [6.45, 7) is 0. The Morgan fingerprint density at radius 3 is 2.25 bits per heavy atom. The maximum absolute atomic E-state index is 14.2. The van der Waals surface area contributed by atoms with Crippen LogP contribution in [0.1, 0.15) is 11.1 Å². The molecule has 0 amide bonds. The molecule has 2 aromatic carbocycles. The second kappa shape index (κ2) is 5.73. The maximum atomic E-state index is 14.2. The first kappa shape index (κ1) is 14.0. The summed E-state index contributed by atoms with van der Waals surface area (Å²) in [6.07, 6.45) is 0. The van der Waals surface area contributed by atoms with Crippen LogP contribution in [-0.4, -0.2) is 7.05 Å². The van der Waals surface area contributed by atoms with Crippen LogP contribution in [0.25, 0.3) is 0 Å². The number of halogens is 2. The van der Waals surface area contributed by atoms with Gasteiger partial charge in [-0.25, -0.2) is 4.39 Å². The highest BCUT2D eigenvalue weighted by atomic mass is 79.9. The average Bonchev–Trinajstić information content (AvgIpc) is 2.49. The van der Waals surface area contributed by atoms with Crippen molar-refractivity contribution in [1.29, 1.82) is 10.5 Å². The Labute approximate surface area is 124 Å². The van der Waals surface area contributed by atoms with Crippen molar-refractivity contribution in [3.63, 3.8) is 0 Å². The minimum absolute atomic E-state index is 0.151. The first-order valence-corrected chi connectivity index (χ1v) is 6.49. The topological polar surface area (TPSA) is 50.8 Å². The maximum Gasteiger partial charge on any atom is 0.162 e. The number of anilines is 2. The van der Waals surface area contributed by atoms with Crippen molar-refractivity contribution < 1.29 is 4.39 Å². The molecule has 2 aromatic rings. The van der Waals surface area contributed by atoms with Gasteiger partial charge in [-0.1, -0.05) is 0 Å². The van der Waals surface area contributed by atoms with Crippen LogP contribution in [0.3, 0.4) is 0 Å². The fraction of sp³-hybridized carbons (Fsp3) is 0.0667. The first-order valence-electron chi connectivity index (χ1n) is 5.70. The lowest BCUT2D eigenvalue weighted by atomic mass is 10.1. The predicted molar refractivity (Wildman–Crippen MR) is 78.0 cm³/mol. The SMILES string of the molecule is CN(c1ccc(C#N)cc1)c1ccc(C#N)c(Br)c1F. The van der Waals surface area contributed by atoms with Gasteiger partial charge >= 0.3 is 0 Å². The number of hydrogen-bond acceptors (Lipinski definition) is 3. The van der Waals surface area contributed by atoms with Crippen LogP contribution in [0.4, 0.5) is 15.8 Å². The van der Waals surface area contributed by atoms with Gasteiger partial charge in [-0.05, 0) is 52.3 Å². The van der Waals surface area contributed by atoms with Crippen LogP contribution in [0.2, 0.25) is 0 Å². The molecule has 0 unspecified atom stereocenters. The van der Waals surface area contributed by atoms with Crippen molar-refractivity contribution in [1.82, 2.24) is 0 Å². The lowest BCUT2D eigenvalue weighted by Crippen LogP contribution is -2.11. The molecule has 2 rings (SSSR count). The van der Waals surface area contributed by atoms with Gasteiger partial charge in [0.1, 0.15) is 6.07 Å². The van der Waals surface area contributed by atoms with Gasteiger partial charge in [0.25, 0.3) is 0 Å². The molecule has 0 saturated heterocycles. The van der Waals surface area contributed by atoms with Crippen LogP contribution in [0.5, 0.6) is 0 Å². The summed E-state index contributed by atoms with van der Waals surface area (Å²) in [7, 11) is 1.72. The van der Waals surface area contributed by atoms with Gasteiger partial charge in [-0.3, -0.25) is 0 Å². The number of hydrogen-bond donors (Lipinski definition) is 0. The molecule has 0 saturated carbocycles. The molecule has 0 fully saturated rings. The molecular weight excluding hydrogens is 321 g/mol. The Bertz CT molecular complexity index is 727. The van der Waals surface area contributed by atoms with Crippen LogP contribution >= 0.6 is 15.9 Å². The molecule has 0 bridgehead atoms. The van der Waals surface area contributed by atoms with Crippen molar-refractivity contribution in [3.05, 3.63) is 57.8 Å². The van der Waals surface area contributed by atoms with Crippen LogP contribution in [0.15, 0.2) is 40.9 Å². The van der Waals surface area contributed by atoms with Crippen molar-refractivity contribution in [2.24, 2.45) is 0 Å². The third kappa shape index (κ3) is 2.49. The highest BCUT2D eigenvalue weighted by Crippen LogP contribution is 2.32. The van der Waals surface area contributed by atoms with E-state index >= 15 is 0 Å². The van der Waals surface area contributed by atoms with E-state index in [1.165, 1.54) is 0 Å². The number of nitrogens with zero attached hydrogens (tertiary/aromatic N) is 3. The summed E-state index contributed by atoms with van der Waals surface area (Å²) >= 11 is 3.09. The Balaban J connectivity index is 2.43. The molecule has 0 aliphatic rings. The van der Waals surface area contributed by atoms with Gasteiger partial charge in [0, 0.05) is 12.7 Å². The molecule has 5 heteroatoms. The molecule has 3 nitrogen and oxygen atoms in total. The number of nitriles is 2. The Kier molecular flexibility index (Phi) is 4.02. The zero-order valence-corrected chi connectivity index (χ0v) is 12.1. The van der Waals surface area contributed by atoms with Crippen LogP contribution < -0.4 is 4.90 Å². The standard InChI is InChI=1S/C15H9BrFN3/c1-20(12-5-2-10(8-18)3-6-12)13-7-4-11(9-19)14(16)15(13)17/h2-7H,1H3. The molecule has 0 spiro atoms. The zero-order valence-electron chi connectivity index (χ0n) is 10.6. The Morgan fingerprint density at radius 1 is 1.05 bits per heavy atom. The van der Waals surface area contributed by atoms with Gasteiger partial charge in [0.15, 0.2) is 5.82 Å². The van der Waals surface area contributed by atoms with Crippen LogP contribution in [-0.2, 0) is 0 Å². The van der Waals surface area contributed by atoms with E-state index in [0.29, 0.717) is 11.3 Å². The van der Waals surface area contributed by atoms with Crippen molar-refractivity contribution >= 4 is 27.3 Å². The predicted octanol–water partition coefficient (Wildman–Crippen LogP) is 4.10. The molecule has 0 aliphatic carbocycles. The average molecular weight is 330 g/mol. The van der Waals surface area contributed by atoms with Gasteiger partial charge < -0.3 is 4.90 Å². The van der Waals surface area contributed by atoms with E-state index in [-0.39, 0.29) is 10.0 Å². The van der Waals surface area contributed by atoms with Crippen molar-refractivity contribution in [2.75, 3.05) is 11.9 Å². The van der Waals surface area contributed by atoms with E-state index in [4.69, 9.17) is 10.5 Å². The molecule has 0 atom stereocenters.